The summed E-state index contributed by atoms with van der Waals surface area (Å²) in [5.41, 5.74) is 2.85. The molecule has 1 aromatic carbocycles. The van der Waals surface area contributed by atoms with Crippen molar-refractivity contribution in [1.29, 1.82) is 0 Å². The van der Waals surface area contributed by atoms with E-state index in [1.165, 1.54) is 43.2 Å². The zero-order valence-electron chi connectivity index (χ0n) is 20.2. The largest absolute Gasteiger partial charge is 0.446 e. The van der Waals surface area contributed by atoms with Crippen LogP contribution in [0.25, 0.3) is 0 Å². The number of rotatable bonds is 3. The molecule has 33 heavy (non-hydrogen) atoms. The highest BCUT2D eigenvalue weighted by molar-refractivity contribution is 5.77. The lowest BCUT2D eigenvalue weighted by Crippen LogP contribution is -2.52. The molecule has 178 valence electrons. The van der Waals surface area contributed by atoms with Gasteiger partial charge in [0.05, 0.1) is 0 Å². The van der Waals surface area contributed by atoms with E-state index in [0.29, 0.717) is 18.3 Å². The van der Waals surface area contributed by atoms with Crippen LogP contribution in [-0.4, -0.2) is 55.1 Å². The van der Waals surface area contributed by atoms with Crippen LogP contribution >= 0.6 is 0 Å². The first kappa shape index (κ1) is 21.5. The summed E-state index contributed by atoms with van der Waals surface area (Å²) in [6, 6.07) is 8.70. The number of piperidine rings is 1. The second-order valence-electron chi connectivity index (χ2n) is 12.0. The first-order valence-corrected chi connectivity index (χ1v) is 13.2. The number of carbonyl (C=O) groups excluding carboxylic acids is 2. The van der Waals surface area contributed by atoms with Gasteiger partial charge >= 0.3 is 6.09 Å². The molecule has 6 aliphatic rings. The van der Waals surface area contributed by atoms with E-state index in [4.69, 9.17) is 4.74 Å². The standard InChI is InChI=1S/C28H38N2O3/c1-29(2)25(31)16-22-17-28(24-6-4-3-5-23(22)24)7-9-30(10-8-28)27(32)33-26-20-12-18-11-19(14-20)15-21(26)13-18/h3-6,18-22,26H,7-17H2,1-2H3. The van der Waals surface area contributed by atoms with Gasteiger partial charge in [0.15, 0.2) is 0 Å². The smallest absolute Gasteiger partial charge is 0.410 e. The molecular formula is C28H38N2O3. The number of benzene rings is 1. The molecule has 0 radical (unpaired) electrons. The first-order chi connectivity index (χ1) is 15.9. The Hall–Kier alpha value is -2.04. The number of ether oxygens (including phenoxy) is 1. The Balaban J connectivity index is 1.11. The summed E-state index contributed by atoms with van der Waals surface area (Å²) in [6.07, 6.45) is 10.1. The van der Waals surface area contributed by atoms with Crippen molar-refractivity contribution in [2.45, 2.75) is 75.2 Å². The molecule has 1 aromatic rings. The summed E-state index contributed by atoms with van der Waals surface area (Å²) < 4.78 is 6.22. The Kier molecular flexibility index (Phi) is 5.23. The van der Waals surface area contributed by atoms with Crippen LogP contribution in [0.4, 0.5) is 4.79 Å². The molecular weight excluding hydrogens is 412 g/mol. The van der Waals surface area contributed by atoms with Crippen LogP contribution in [0.5, 0.6) is 0 Å². The third-order valence-corrected chi connectivity index (χ3v) is 9.88. The SMILES string of the molecule is CN(C)C(=O)CC1CC2(CCN(C(=O)OC3C4CC5CC(C4)CC3C5)CC2)c2ccccc21. The molecule has 4 saturated carbocycles. The number of likely N-dealkylation sites (tertiary alicyclic amines) is 1. The van der Waals surface area contributed by atoms with Crippen LogP contribution in [0, 0.1) is 23.7 Å². The Morgan fingerprint density at radius 2 is 1.64 bits per heavy atom. The molecule has 2 amide bonds. The van der Waals surface area contributed by atoms with Gasteiger partial charge in [0.2, 0.25) is 5.91 Å². The summed E-state index contributed by atoms with van der Waals surface area (Å²) in [5.74, 6) is 3.49. The summed E-state index contributed by atoms with van der Waals surface area (Å²) >= 11 is 0. The normalized spacial score (nSPS) is 35.5. The molecule has 1 aliphatic heterocycles. The summed E-state index contributed by atoms with van der Waals surface area (Å²) in [6.45, 7) is 1.52. The molecule has 1 spiro atoms. The molecule has 4 bridgehead atoms. The number of hydrogen-bond donors (Lipinski definition) is 0. The molecule has 0 N–H and O–H groups in total. The monoisotopic (exact) mass is 450 g/mol. The van der Waals surface area contributed by atoms with Gasteiger partial charge in [-0.3, -0.25) is 4.79 Å². The predicted octanol–water partition coefficient (Wildman–Crippen LogP) is 4.95. The highest BCUT2D eigenvalue weighted by atomic mass is 16.6. The fourth-order valence-corrected chi connectivity index (χ4v) is 8.45. The van der Waals surface area contributed by atoms with Gasteiger partial charge in [-0.25, -0.2) is 4.79 Å². The van der Waals surface area contributed by atoms with Gasteiger partial charge in [0.1, 0.15) is 6.10 Å². The van der Waals surface area contributed by atoms with Gasteiger partial charge in [0, 0.05) is 33.6 Å². The number of nitrogens with zero attached hydrogens (tertiary/aromatic N) is 2. The zero-order valence-corrected chi connectivity index (χ0v) is 20.2. The van der Waals surface area contributed by atoms with Crippen molar-refractivity contribution in [2.24, 2.45) is 23.7 Å². The quantitative estimate of drug-likeness (QED) is 0.655. The van der Waals surface area contributed by atoms with E-state index in [2.05, 4.69) is 24.3 Å². The second kappa shape index (κ2) is 8.02. The maximum atomic E-state index is 13.2. The number of hydrogen-bond acceptors (Lipinski definition) is 3. The van der Waals surface area contributed by atoms with Crippen LogP contribution in [-0.2, 0) is 14.9 Å². The molecule has 5 aliphatic carbocycles. The van der Waals surface area contributed by atoms with E-state index >= 15 is 0 Å². The Labute approximate surface area is 197 Å². The molecule has 0 aromatic heterocycles. The third-order valence-electron chi connectivity index (χ3n) is 9.88. The minimum Gasteiger partial charge on any atom is -0.446 e. The maximum absolute atomic E-state index is 13.2. The van der Waals surface area contributed by atoms with Crippen molar-refractivity contribution in [3.8, 4) is 0 Å². The molecule has 1 heterocycles. The highest BCUT2D eigenvalue weighted by Gasteiger charge is 2.51. The summed E-state index contributed by atoms with van der Waals surface area (Å²) in [7, 11) is 3.68. The molecule has 5 heteroatoms. The molecule has 1 unspecified atom stereocenters. The lowest BCUT2D eigenvalue weighted by Gasteiger charge is -2.53. The average Bonchev–Trinajstić information content (AvgIpc) is 3.09. The lowest BCUT2D eigenvalue weighted by atomic mass is 9.55. The van der Waals surface area contributed by atoms with Crippen LogP contribution in [0.2, 0.25) is 0 Å². The molecule has 7 rings (SSSR count). The van der Waals surface area contributed by atoms with Gasteiger partial charge in [0.25, 0.3) is 0 Å². The van der Waals surface area contributed by atoms with Crippen molar-refractivity contribution in [2.75, 3.05) is 27.2 Å². The van der Waals surface area contributed by atoms with E-state index in [1.807, 2.05) is 19.0 Å². The Bertz CT molecular complexity index is 905. The zero-order chi connectivity index (χ0) is 22.7. The minimum absolute atomic E-state index is 0.0760. The Morgan fingerprint density at radius 1 is 1.00 bits per heavy atom. The minimum atomic E-state index is -0.0760. The van der Waals surface area contributed by atoms with Gasteiger partial charge in [-0.2, -0.15) is 0 Å². The van der Waals surface area contributed by atoms with E-state index in [-0.39, 0.29) is 29.4 Å². The molecule has 5 nitrogen and oxygen atoms in total. The molecule has 5 fully saturated rings. The van der Waals surface area contributed by atoms with E-state index in [1.54, 1.807) is 4.90 Å². The van der Waals surface area contributed by atoms with Gasteiger partial charge in [-0.15, -0.1) is 0 Å². The summed E-state index contributed by atoms with van der Waals surface area (Å²) in [4.78, 5) is 29.3. The highest BCUT2D eigenvalue weighted by Crippen LogP contribution is 2.55. The predicted molar refractivity (Wildman–Crippen MR) is 127 cm³/mol. The lowest BCUT2D eigenvalue weighted by molar-refractivity contribution is -0.129. The average molecular weight is 451 g/mol. The van der Waals surface area contributed by atoms with Crippen molar-refractivity contribution >= 4 is 12.0 Å². The molecule has 1 atom stereocenters. The third kappa shape index (κ3) is 3.66. The fourth-order valence-electron chi connectivity index (χ4n) is 8.45. The number of carbonyl (C=O) groups is 2. The van der Waals surface area contributed by atoms with Gasteiger partial charge in [-0.1, -0.05) is 24.3 Å². The maximum Gasteiger partial charge on any atom is 0.410 e. The first-order valence-electron chi connectivity index (χ1n) is 13.2. The van der Waals surface area contributed by atoms with E-state index < -0.39 is 0 Å². The topological polar surface area (TPSA) is 49.9 Å². The Morgan fingerprint density at radius 3 is 2.27 bits per heavy atom. The van der Waals surface area contributed by atoms with E-state index in [9.17, 15) is 9.59 Å². The van der Waals surface area contributed by atoms with Crippen molar-refractivity contribution in [3.63, 3.8) is 0 Å². The molecule has 1 saturated heterocycles. The summed E-state index contributed by atoms with van der Waals surface area (Å²) in [5, 5.41) is 0. The van der Waals surface area contributed by atoms with Gasteiger partial charge < -0.3 is 14.5 Å². The van der Waals surface area contributed by atoms with Crippen molar-refractivity contribution < 1.29 is 14.3 Å². The van der Waals surface area contributed by atoms with Gasteiger partial charge in [-0.05, 0) is 97.5 Å². The van der Waals surface area contributed by atoms with Crippen LogP contribution < -0.4 is 0 Å². The van der Waals surface area contributed by atoms with Crippen molar-refractivity contribution in [3.05, 3.63) is 35.4 Å². The van der Waals surface area contributed by atoms with Crippen LogP contribution in [0.3, 0.4) is 0 Å². The number of amides is 2. The van der Waals surface area contributed by atoms with Crippen LogP contribution in [0.15, 0.2) is 24.3 Å². The second-order valence-corrected chi connectivity index (χ2v) is 12.0. The fraction of sp³-hybridized carbons (Fsp3) is 0.714. The van der Waals surface area contributed by atoms with E-state index in [0.717, 1.165) is 44.2 Å². The number of fused-ring (bicyclic) bond motifs is 2. The van der Waals surface area contributed by atoms with Crippen LogP contribution in [0.1, 0.15) is 74.8 Å². The van der Waals surface area contributed by atoms with Crippen molar-refractivity contribution in [1.82, 2.24) is 9.80 Å².